The van der Waals surface area contributed by atoms with Crippen molar-refractivity contribution < 1.29 is 12.8 Å². The molecule has 3 N–H and O–H groups in total. The van der Waals surface area contributed by atoms with Crippen molar-refractivity contribution in [2.24, 2.45) is 11.8 Å². The maximum absolute atomic E-state index is 13.9. The number of benzene rings is 1. The van der Waals surface area contributed by atoms with Crippen LogP contribution in [-0.4, -0.2) is 14.5 Å². The molecule has 0 saturated heterocycles. The zero-order chi connectivity index (χ0) is 15.8. The number of nitrogen functional groups attached to an aromatic ring is 1. The highest BCUT2D eigenvalue weighted by Crippen LogP contribution is 2.30. The Morgan fingerprint density at radius 1 is 1.24 bits per heavy atom. The lowest BCUT2D eigenvalue weighted by Crippen LogP contribution is -2.40. The van der Waals surface area contributed by atoms with E-state index < -0.39 is 15.8 Å². The van der Waals surface area contributed by atoms with Crippen LogP contribution in [0.15, 0.2) is 17.0 Å². The van der Waals surface area contributed by atoms with E-state index in [1.807, 2.05) is 0 Å². The van der Waals surface area contributed by atoms with Crippen LogP contribution in [0.2, 0.25) is 0 Å². The first-order valence-corrected chi connectivity index (χ1v) is 8.77. The number of nitrogens with one attached hydrogen (secondary N) is 1. The average molecular weight is 314 g/mol. The van der Waals surface area contributed by atoms with Crippen LogP contribution in [0.25, 0.3) is 0 Å². The molecule has 1 aromatic rings. The Kier molecular flexibility index (Phi) is 4.58. The number of sulfonamides is 1. The molecule has 0 aromatic heterocycles. The summed E-state index contributed by atoms with van der Waals surface area (Å²) in [5.41, 5.74) is 6.51. The first-order valence-electron chi connectivity index (χ1n) is 7.28. The molecule has 2 rings (SSSR count). The largest absolute Gasteiger partial charge is 0.398 e. The van der Waals surface area contributed by atoms with Gasteiger partial charge in [-0.25, -0.2) is 17.5 Å². The van der Waals surface area contributed by atoms with Crippen LogP contribution in [0.5, 0.6) is 0 Å². The van der Waals surface area contributed by atoms with E-state index in [-0.39, 0.29) is 16.6 Å². The van der Waals surface area contributed by atoms with Gasteiger partial charge in [0.25, 0.3) is 0 Å². The number of nitrogens with two attached hydrogens (primary N) is 1. The SMILES string of the molecule is Cc1cc(F)c(S(=O)(=O)NC2CCC(C)C(C)C2)cc1N. The molecule has 1 fully saturated rings. The second-order valence-corrected chi connectivity index (χ2v) is 7.91. The molecule has 0 bridgehead atoms. The van der Waals surface area contributed by atoms with Crippen molar-refractivity contribution in [3.8, 4) is 0 Å². The van der Waals surface area contributed by atoms with E-state index in [1.165, 1.54) is 6.07 Å². The standard InChI is InChI=1S/C15H23FN2O2S/c1-9-4-5-12(6-10(9)2)18-21(19,20)15-8-14(17)11(3)7-13(15)16/h7-10,12,18H,4-6,17H2,1-3H3. The average Bonchev–Trinajstić information content (AvgIpc) is 2.37. The quantitative estimate of drug-likeness (QED) is 0.843. The Morgan fingerprint density at radius 3 is 2.52 bits per heavy atom. The molecule has 3 unspecified atom stereocenters. The molecule has 3 atom stereocenters. The van der Waals surface area contributed by atoms with Gasteiger partial charge in [-0.1, -0.05) is 13.8 Å². The Balaban J connectivity index is 2.21. The Bertz CT molecular complexity index is 631. The van der Waals surface area contributed by atoms with Crippen molar-refractivity contribution in [3.05, 3.63) is 23.5 Å². The summed E-state index contributed by atoms with van der Waals surface area (Å²) < 4.78 is 41.3. The van der Waals surface area contributed by atoms with Crippen LogP contribution in [0.4, 0.5) is 10.1 Å². The third-order valence-corrected chi connectivity index (χ3v) is 6.07. The molecule has 0 aliphatic heterocycles. The fraction of sp³-hybridized carbons (Fsp3) is 0.600. The van der Waals surface area contributed by atoms with Gasteiger partial charge in [-0.15, -0.1) is 0 Å². The number of halogens is 1. The van der Waals surface area contributed by atoms with E-state index in [0.29, 0.717) is 17.4 Å². The van der Waals surface area contributed by atoms with Crippen molar-refractivity contribution >= 4 is 15.7 Å². The second-order valence-electron chi connectivity index (χ2n) is 6.23. The molecule has 1 aromatic carbocycles. The predicted octanol–water partition coefficient (Wildman–Crippen LogP) is 2.82. The topological polar surface area (TPSA) is 72.2 Å². The van der Waals surface area contributed by atoms with Gasteiger partial charge in [0.05, 0.1) is 0 Å². The van der Waals surface area contributed by atoms with Crippen molar-refractivity contribution in [1.82, 2.24) is 4.72 Å². The minimum atomic E-state index is -3.88. The lowest BCUT2D eigenvalue weighted by molar-refractivity contribution is 0.241. The maximum atomic E-state index is 13.9. The Hall–Kier alpha value is -1.14. The van der Waals surface area contributed by atoms with Crippen molar-refractivity contribution in [3.63, 3.8) is 0 Å². The minimum Gasteiger partial charge on any atom is -0.398 e. The molecule has 0 radical (unpaired) electrons. The maximum Gasteiger partial charge on any atom is 0.243 e. The van der Waals surface area contributed by atoms with Crippen LogP contribution in [-0.2, 0) is 10.0 Å². The number of anilines is 1. The minimum absolute atomic E-state index is 0.136. The number of hydrogen-bond acceptors (Lipinski definition) is 3. The monoisotopic (exact) mass is 314 g/mol. The van der Waals surface area contributed by atoms with Crippen LogP contribution < -0.4 is 10.5 Å². The van der Waals surface area contributed by atoms with Crippen LogP contribution in [0.3, 0.4) is 0 Å². The summed E-state index contributed by atoms with van der Waals surface area (Å²) in [6.07, 6.45) is 2.55. The van der Waals surface area contributed by atoms with Gasteiger partial charge in [0, 0.05) is 11.7 Å². The smallest absolute Gasteiger partial charge is 0.243 e. The van der Waals surface area contributed by atoms with Crippen LogP contribution in [0, 0.1) is 24.6 Å². The van der Waals surface area contributed by atoms with E-state index in [0.717, 1.165) is 25.3 Å². The molecule has 0 spiro atoms. The van der Waals surface area contributed by atoms with Gasteiger partial charge < -0.3 is 5.73 Å². The highest BCUT2D eigenvalue weighted by Gasteiger charge is 2.29. The zero-order valence-electron chi connectivity index (χ0n) is 12.7. The molecule has 21 heavy (non-hydrogen) atoms. The van der Waals surface area contributed by atoms with Gasteiger partial charge in [-0.05, 0) is 55.7 Å². The second kappa shape index (κ2) is 5.93. The van der Waals surface area contributed by atoms with E-state index in [9.17, 15) is 12.8 Å². The van der Waals surface area contributed by atoms with E-state index in [4.69, 9.17) is 5.73 Å². The normalized spacial score (nSPS) is 26.8. The summed E-state index contributed by atoms with van der Waals surface area (Å²) in [7, 11) is -3.88. The highest BCUT2D eigenvalue weighted by atomic mass is 32.2. The van der Waals surface area contributed by atoms with E-state index in [1.54, 1.807) is 6.92 Å². The molecule has 6 heteroatoms. The molecule has 0 heterocycles. The summed E-state index contributed by atoms with van der Waals surface area (Å²) in [4.78, 5) is -0.364. The highest BCUT2D eigenvalue weighted by molar-refractivity contribution is 7.89. The zero-order valence-corrected chi connectivity index (χ0v) is 13.5. The number of aryl methyl sites for hydroxylation is 1. The van der Waals surface area contributed by atoms with Gasteiger partial charge in [0.15, 0.2) is 0 Å². The number of rotatable bonds is 3. The fourth-order valence-corrected chi connectivity index (χ4v) is 4.19. The molecule has 0 amide bonds. The lowest BCUT2D eigenvalue weighted by Gasteiger charge is -2.32. The molecule has 1 aliphatic carbocycles. The first-order chi connectivity index (χ1) is 9.70. The van der Waals surface area contributed by atoms with E-state index in [2.05, 4.69) is 18.6 Å². The molecule has 118 valence electrons. The summed E-state index contributed by atoms with van der Waals surface area (Å²) >= 11 is 0. The van der Waals surface area contributed by atoms with E-state index >= 15 is 0 Å². The summed E-state index contributed by atoms with van der Waals surface area (Å²) in [5.74, 6) is 0.295. The van der Waals surface area contributed by atoms with Crippen molar-refractivity contribution in [1.29, 1.82) is 0 Å². The Labute approximate surface area is 126 Å². The third kappa shape index (κ3) is 3.55. The Morgan fingerprint density at radius 2 is 1.90 bits per heavy atom. The number of hydrogen-bond donors (Lipinski definition) is 2. The van der Waals surface area contributed by atoms with Gasteiger partial charge in [0.1, 0.15) is 10.7 Å². The lowest BCUT2D eigenvalue weighted by atomic mass is 9.79. The molecule has 4 nitrogen and oxygen atoms in total. The van der Waals surface area contributed by atoms with Gasteiger partial charge >= 0.3 is 0 Å². The summed E-state index contributed by atoms with van der Waals surface area (Å²) in [5, 5.41) is 0. The predicted molar refractivity (Wildman–Crippen MR) is 81.8 cm³/mol. The van der Waals surface area contributed by atoms with Gasteiger partial charge in [-0.2, -0.15) is 0 Å². The first kappa shape index (κ1) is 16.2. The van der Waals surface area contributed by atoms with Gasteiger partial charge in [0.2, 0.25) is 10.0 Å². The van der Waals surface area contributed by atoms with Crippen LogP contribution >= 0.6 is 0 Å². The molecular formula is C15H23FN2O2S. The molecular weight excluding hydrogens is 291 g/mol. The molecule has 1 saturated carbocycles. The van der Waals surface area contributed by atoms with Crippen LogP contribution in [0.1, 0.15) is 38.7 Å². The fourth-order valence-electron chi connectivity index (χ4n) is 2.81. The van der Waals surface area contributed by atoms with Gasteiger partial charge in [-0.3, -0.25) is 0 Å². The summed E-state index contributed by atoms with van der Waals surface area (Å²) in [6.45, 7) is 5.94. The third-order valence-electron chi connectivity index (χ3n) is 4.53. The van der Waals surface area contributed by atoms with Crippen molar-refractivity contribution in [2.75, 3.05) is 5.73 Å². The summed E-state index contributed by atoms with van der Waals surface area (Å²) in [6, 6.07) is 2.22. The molecule has 1 aliphatic rings. The van der Waals surface area contributed by atoms with Crippen molar-refractivity contribution in [2.45, 2.75) is 51.0 Å².